The number of hydrogen-bond acceptors (Lipinski definition) is 7. The molecular formula is C65H40N6O2. The molecule has 0 amide bonds. The van der Waals surface area contributed by atoms with Crippen LogP contribution in [0.25, 0.3) is 140 Å². The molecule has 342 valence electrons. The van der Waals surface area contributed by atoms with Gasteiger partial charge in [0.05, 0.1) is 11.0 Å². The van der Waals surface area contributed by atoms with Crippen molar-refractivity contribution in [3.63, 3.8) is 0 Å². The Kier molecular flexibility index (Phi) is 9.99. The second-order valence-electron chi connectivity index (χ2n) is 18.1. The Labute approximate surface area is 419 Å². The lowest BCUT2D eigenvalue weighted by molar-refractivity contribution is 0.619. The van der Waals surface area contributed by atoms with E-state index in [0.717, 1.165) is 99.6 Å². The summed E-state index contributed by atoms with van der Waals surface area (Å²) in [6, 6.07) is 83.6. The Morgan fingerprint density at radius 3 is 1.05 bits per heavy atom. The minimum absolute atomic E-state index is 0.490. The Bertz CT molecular complexity index is 4030. The molecule has 0 atom stereocenters. The number of hydrogen-bond donors (Lipinski definition) is 0. The molecular weight excluding hydrogens is 897 g/mol. The van der Waals surface area contributed by atoms with E-state index in [1.165, 1.54) is 11.1 Å². The molecule has 4 heterocycles. The smallest absolute Gasteiger partial charge is 0.238 e. The molecule has 0 unspecified atom stereocenters. The normalized spacial score (nSPS) is 11.6. The van der Waals surface area contributed by atoms with Gasteiger partial charge in [-0.2, -0.15) is 9.97 Å². The summed E-state index contributed by atoms with van der Waals surface area (Å²) < 4.78 is 14.5. The molecule has 73 heavy (non-hydrogen) atoms. The van der Waals surface area contributed by atoms with Crippen LogP contribution in [0.3, 0.4) is 0 Å². The molecule has 0 bridgehead atoms. The molecule has 0 aliphatic heterocycles. The lowest BCUT2D eigenvalue weighted by atomic mass is 9.96. The first-order valence-electron chi connectivity index (χ1n) is 24.2. The van der Waals surface area contributed by atoms with Gasteiger partial charge in [-0.05, 0) is 129 Å². The zero-order valence-corrected chi connectivity index (χ0v) is 39.1. The third-order valence-electron chi connectivity index (χ3n) is 13.6. The van der Waals surface area contributed by atoms with Gasteiger partial charge < -0.3 is 8.83 Å². The summed E-state index contributed by atoms with van der Waals surface area (Å²) in [5, 5.41) is 2.15. The molecule has 0 saturated heterocycles. The van der Waals surface area contributed by atoms with Crippen LogP contribution in [0.2, 0.25) is 0 Å². The molecule has 0 aliphatic rings. The van der Waals surface area contributed by atoms with Crippen molar-refractivity contribution >= 4 is 44.0 Å². The van der Waals surface area contributed by atoms with E-state index in [9.17, 15) is 0 Å². The summed E-state index contributed by atoms with van der Waals surface area (Å²) >= 11 is 0. The molecule has 8 nitrogen and oxygen atoms in total. The monoisotopic (exact) mass is 936 g/mol. The fourth-order valence-electron chi connectivity index (χ4n) is 9.85. The van der Waals surface area contributed by atoms with Crippen molar-refractivity contribution in [1.82, 2.24) is 29.5 Å². The molecule has 0 radical (unpaired) electrons. The van der Waals surface area contributed by atoms with E-state index in [4.69, 9.17) is 33.8 Å². The second-order valence-corrected chi connectivity index (χ2v) is 18.1. The molecule has 0 fully saturated rings. The Morgan fingerprint density at radius 2 is 0.616 bits per heavy atom. The topological polar surface area (TPSA) is 95.7 Å². The van der Waals surface area contributed by atoms with Gasteiger partial charge in [0.25, 0.3) is 0 Å². The summed E-state index contributed by atoms with van der Waals surface area (Å²) in [5.41, 5.74) is 17.5. The Balaban J connectivity index is 0.944. The van der Waals surface area contributed by atoms with Gasteiger partial charge in [-0.15, -0.1) is 0 Å². The molecule has 4 aromatic heterocycles. The van der Waals surface area contributed by atoms with Gasteiger partial charge in [0, 0.05) is 33.0 Å². The molecule has 14 aromatic rings. The van der Waals surface area contributed by atoms with E-state index < -0.39 is 0 Å². The highest BCUT2D eigenvalue weighted by Gasteiger charge is 2.21. The first-order valence-corrected chi connectivity index (χ1v) is 24.2. The fraction of sp³-hybridized carbons (Fsp3) is 0. The van der Waals surface area contributed by atoms with Gasteiger partial charge in [-0.25, -0.2) is 15.0 Å². The van der Waals surface area contributed by atoms with Gasteiger partial charge in [0.1, 0.15) is 11.0 Å². The van der Waals surface area contributed by atoms with Crippen molar-refractivity contribution in [2.45, 2.75) is 0 Å². The van der Waals surface area contributed by atoms with Crippen LogP contribution in [0, 0.1) is 0 Å². The van der Waals surface area contributed by atoms with Crippen molar-refractivity contribution in [1.29, 1.82) is 0 Å². The van der Waals surface area contributed by atoms with Crippen LogP contribution in [-0.4, -0.2) is 29.5 Å². The summed E-state index contributed by atoms with van der Waals surface area (Å²) in [4.78, 5) is 25.3. The quantitative estimate of drug-likeness (QED) is 0.142. The third kappa shape index (κ3) is 7.71. The summed E-state index contributed by atoms with van der Waals surface area (Å²) in [6.07, 6.45) is 0. The van der Waals surface area contributed by atoms with E-state index in [0.29, 0.717) is 29.4 Å². The number of fused-ring (bicyclic) bond motifs is 5. The van der Waals surface area contributed by atoms with Crippen LogP contribution in [0.5, 0.6) is 0 Å². The standard InChI is InChI=1S/C65H40N6O2/c1-3-13-41(14-4-1)47-17-11-19-49(37-47)51-33-35-57-53(39-51)54-40-52(50-20-12-18-48(38-50)42-15-5-2-6-16-42)34-36-58(54)71(57)65-69-61(43-25-29-45(30-26-43)63-66-55-21-7-9-23-59(55)72-63)68-62(70-65)44-27-31-46(32-28-44)64-67-56-22-8-10-24-60(56)73-64/h1-40H. The maximum atomic E-state index is 6.14. The van der Waals surface area contributed by atoms with Crippen LogP contribution in [0.4, 0.5) is 0 Å². The van der Waals surface area contributed by atoms with E-state index in [-0.39, 0.29) is 0 Å². The molecule has 0 spiro atoms. The predicted octanol–water partition coefficient (Wildman–Crippen LogP) is 16.6. The van der Waals surface area contributed by atoms with E-state index in [1.807, 2.05) is 97.1 Å². The first kappa shape index (κ1) is 41.9. The fourth-order valence-corrected chi connectivity index (χ4v) is 9.85. The predicted molar refractivity (Wildman–Crippen MR) is 293 cm³/mol. The number of oxazole rings is 2. The zero-order chi connectivity index (χ0) is 48.2. The minimum atomic E-state index is 0.490. The van der Waals surface area contributed by atoms with Crippen molar-refractivity contribution in [2.24, 2.45) is 0 Å². The number of rotatable bonds is 9. The Morgan fingerprint density at radius 1 is 0.260 bits per heavy atom. The van der Waals surface area contributed by atoms with Crippen LogP contribution >= 0.6 is 0 Å². The second kappa shape index (κ2) is 17.4. The Hall–Kier alpha value is -10.1. The van der Waals surface area contributed by atoms with Gasteiger partial charge in [-0.1, -0.05) is 158 Å². The van der Waals surface area contributed by atoms with Gasteiger partial charge in [0.2, 0.25) is 17.7 Å². The maximum absolute atomic E-state index is 6.14. The molecule has 10 aromatic carbocycles. The average molecular weight is 937 g/mol. The SMILES string of the molecule is c1ccc(-c2cccc(-c3ccc4c(c3)c3cc(-c5cccc(-c6ccccc6)c5)ccc3n4-c3nc(-c4ccc(-c5nc6ccccc6o5)cc4)nc(-c4ccc(-c5nc6ccccc6o5)cc4)n3)c2)cc1. The van der Waals surface area contributed by atoms with E-state index in [1.54, 1.807) is 0 Å². The number of aromatic nitrogens is 6. The van der Waals surface area contributed by atoms with Crippen LogP contribution in [0.15, 0.2) is 251 Å². The molecule has 14 rings (SSSR count). The van der Waals surface area contributed by atoms with Crippen molar-refractivity contribution < 1.29 is 8.83 Å². The van der Waals surface area contributed by atoms with Crippen LogP contribution in [-0.2, 0) is 0 Å². The lowest BCUT2D eigenvalue weighted by Crippen LogP contribution is -2.06. The number of benzene rings is 10. The highest BCUT2D eigenvalue weighted by molar-refractivity contribution is 6.11. The zero-order valence-electron chi connectivity index (χ0n) is 39.1. The molecule has 8 heteroatoms. The molecule has 0 saturated carbocycles. The lowest BCUT2D eigenvalue weighted by Gasteiger charge is -2.12. The highest BCUT2D eigenvalue weighted by Crippen LogP contribution is 2.39. The maximum Gasteiger partial charge on any atom is 0.238 e. The number of para-hydroxylation sites is 4. The van der Waals surface area contributed by atoms with E-state index in [2.05, 4.69) is 150 Å². The number of nitrogens with zero attached hydrogens (tertiary/aromatic N) is 6. The van der Waals surface area contributed by atoms with Crippen molar-refractivity contribution in [3.05, 3.63) is 243 Å². The molecule has 0 aliphatic carbocycles. The minimum Gasteiger partial charge on any atom is -0.436 e. The van der Waals surface area contributed by atoms with Gasteiger partial charge in [0.15, 0.2) is 22.8 Å². The van der Waals surface area contributed by atoms with Gasteiger partial charge in [-0.3, -0.25) is 4.57 Å². The molecule has 0 N–H and O–H groups in total. The first-order chi connectivity index (χ1) is 36.1. The summed E-state index contributed by atoms with van der Waals surface area (Å²) in [5.74, 6) is 2.62. The van der Waals surface area contributed by atoms with Crippen molar-refractivity contribution in [2.75, 3.05) is 0 Å². The van der Waals surface area contributed by atoms with Gasteiger partial charge >= 0.3 is 0 Å². The van der Waals surface area contributed by atoms with E-state index >= 15 is 0 Å². The largest absolute Gasteiger partial charge is 0.436 e. The average Bonchev–Trinajstić information content (AvgIpc) is 4.20. The summed E-state index contributed by atoms with van der Waals surface area (Å²) in [6.45, 7) is 0. The van der Waals surface area contributed by atoms with Crippen LogP contribution in [0.1, 0.15) is 0 Å². The van der Waals surface area contributed by atoms with Crippen molar-refractivity contribution in [3.8, 4) is 96.1 Å². The summed E-state index contributed by atoms with van der Waals surface area (Å²) in [7, 11) is 0. The van der Waals surface area contributed by atoms with Crippen LogP contribution < -0.4 is 0 Å². The highest BCUT2D eigenvalue weighted by atomic mass is 16.4. The third-order valence-corrected chi connectivity index (χ3v) is 13.6.